The molecule has 122 valence electrons. The first-order valence-electron chi connectivity index (χ1n) is 7.34. The highest BCUT2D eigenvalue weighted by molar-refractivity contribution is 6.30. The minimum absolute atomic E-state index is 0.0776. The van der Waals surface area contributed by atoms with E-state index in [1.54, 1.807) is 31.2 Å². The van der Waals surface area contributed by atoms with Crippen molar-refractivity contribution in [3.63, 3.8) is 0 Å². The largest absolute Gasteiger partial charge is 0.466 e. The van der Waals surface area contributed by atoms with E-state index in [-0.39, 0.29) is 31.5 Å². The number of rotatable bonds is 9. The normalized spacial score (nSPS) is 13.5. The molecule has 1 aromatic carbocycles. The van der Waals surface area contributed by atoms with E-state index < -0.39 is 12.0 Å². The van der Waals surface area contributed by atoms with Gasteiger partial charge in [0.05, 0.1) is 25.7 Å². The number of ether oxygens (including phenoxy) is 1. The van der Waals surface area contributed by atoms with Gasteiger partial charge in [0.1, 0.15) is 0 Å². The van der Waals surface area contributed by atoms with Crippen molar-refractivity contribution in [1.29, 1.82) is 0 Å². The minimum Gasteiger partial charge on any atom is -0.466 e. The maximum absolute atomic E-state index is 12.6. The molecule has 0 saturated carbocycles. The number of nitrogens with one attached hydrogen (secondary N) is 1. The lowest BCUT2D eigenvalue weighted by Gasteiger charge is -2.22. The highest BCUT2D eigenvalue weighted by atomic mass is 35.5. The number of benzene rings is 1. The number of carbonyl (C=O) groups excluding carboxylic acids is 2. The maximum Gasteiger partial charge on any atom is 0.307 e. The van der Waals surface area contributed by atoms with Crippen LogP contribution in [-0.4, -0.2) is 42.2 Å². The smallest absolute Gasteiger partial charge is 0.307 e. The third kappa shape index (κ3) is 5.75. The van der Waals surface area contributed by atoms with Gasteiger partial charge in [0.25, 0.3) is 0 Å². The molecular formula is C16H22ClNO4. The van der Waals surface area contributed by atoms with Gasteiger partial charge in [-0.2, -0.15) is 0 Å². The number of esters is 1. The number of Topliss-reactive ketones (excluding diaryl/α,β-unsaturated/α-hetero) is 1. The van der Waals surface area contributed by atoms with Crippen molar-refractivity contribution in [2.24, 2.45) is 0 Å². The second kappa shape index (κ2) is 9.56. The van der Waals surface area contributed by atoms with Crippen LogP contribution in [0.15, 0.2) is 24.3 Å². The summed E-state index contributed by atoms with van der Waals surface area (Å²) >= 11 is 5.82. The Balaban J connectivity index is 2.89. The number of halogens is 1. The fraction of sp³-hybridized carbons (Fsp3) is 0.500. The molecule has 0 aliphatic rings. The molecule has 2 atom stereocenters. The summed E-state index contributed by atoms with van der Waals surface area (Å²) in [6, 6.07) is 5.49. The number of carbonyl (C=O) groups is 2. The van der Waals surface area contributed by atoms with Gasteiger partial charge in [-0.3, -0.25) is 9.59 Å². The summed E-state index contributed by atoms with van der Waals surface area (Å²) in [5.74, 6) is -0.674. The van der Waals surface area contributed by atoms with Crippen molar-refractivity contribution in [3.8, 4) is 0 Å². The number of hydrogen-bond acceptors (Lipinski definition) is 5. The molecule has 1 rings (SSSR count). The summed E-state index contributed by atoms with van der Waals surface area (Å²) in [5, 5.41) is 12.9. The van der Waals surface area contributed by atoms with Crippen LogP contribution in [0.3, 0.4) is 0 Å². The number of hydrogen-bond donors (Lipinski definition) is 2. The van der Waals surface area contributed by atoms with Gasteiger partial charge in [-0.05, 0) is 37.6 Å². The monoisotopic (exact) mass is 327 g/mol. The summed E-state index contributed by atoms with van der Waals surface area (Å²) in [6.07, 6.45) is 0.565. The van der Waals surface area contributed by atoms with Crippen LogP contribution in [0.25, 0.3) is 0 Å². The van der Waals surface area contributed by atoms with Crippen LogP contribution in [0.5, 0.6) is 0 Å². The van der Waals surface area contributed by atoms with E-state index in [9.17, 15) is 14.7 Å². The molecule has 1 aromatic rings. The first-order valence-corrected chi connectivity index (χ1v) is 7.71. The molecule has 0 bridgehead atoms. The highest BCUT2D eigenvalue weighted by Crippen LogP contribution is 2.13. The van der Waals surface area contributed by atoms with Crippen LogP contribution < -0.4 is 5.32 Å². The Morgan fingerprint density at radius 2 is 1.91 bits per heavy atom. The zero-order valence-electron chi connectivity index (χ0n) is 12.8. The Hall–Kier alpha value is -1.43. The number of aliphatic hydroxyl groups is 1. The van der Waals surface area contributed by atoms with E-state index in [0.29, 0.717) is 17.0 Å². The van der Waals surface area contributed by atoms with Gasteiger partial charge < -0.3 is 15.2 Å². The van der Waals surface area contributed by atoms with Crippen LogP contribution >= 0.6 is 11.6 Å². The first-order chi connectivity index (χ1) is 10.5. The van der Waals surface area contributed by atoms with Crippen molar-refractivity contribution >= 4 is 23.4 Å². The molecule has 2 unspecified atom stereocenters. The summed E-state index contributed by atoms with van der Waals surface area (Å²) < 4.78 is 4.91. The molecule has 6 heteroatoms. The molecule has 0 aliphatic heterocycles. The Kier molecular flexibility index (Phi) is 8.09. The maximum atomic E-state index is 12.6. The van der Waals surface area contributed by atoms with E-state index in [1.807, 2.05) is 6.92 Å². The third-order valence-electron chi connectivity index (χ3n) is 3.27. The molecule has 0 aromatic heterocycles. The summed E-state index contributed by atoms with van der Waals surface area (Å²) in [5.41, 5.74) is 0.457. The van der Waals surface area contributed by atoms with Crippen LogP contribution in [0.4, 0.5) is 0 Å². The second-order valence-electron chi connectivity index (χ2n) is 4.89. The SMILES string of the molecule is CCOC(=O)CC(NC(CC)CO)C(=O)c1ccc(Cl)cc1. The lowest BCUT2D eigenvalue weighted by atomic mass is 10.00. The topological polar surface area (TPSA) is 75.6 Å². The average molecular weight is 328 g/mol. The van der Waals surface area contributed by atoms with Crippen LogP contribution in [0.2, 0.25) is 5.02 Å². The molecule has 0 saturated heterocycles. The number of aliphatic hydroxyl groups excluding tert-OH is 1. The predicted octanol–water partition coefficient (Wildman–Crippen LogP) is 2.21. The summed E-state index contributed by atoms with van der Waals surface area (Å²) in [6.45, 7) is 3.76. The van der Waals surface area contributed by atoms with Gasteiger partial charge in [-0.25, -0.2) is 0 Å². The average Bonchev–Trinajstić information content (AvgIpc) is 2.51. The van der Waals surface area contributed by atoms with Crippen LogP contribution in [0.1, 0.15) is 37.0 Å². The fourth-order valence-electron chi connectivity index (χ4n) is 2.01. The van der Waals surface area contributed by atoms with Crippen molar-refractivity contribution in [2.75, 3.05) is 13.2 Å². The molecule has 0 aliphatic carbocycles. The van der Waals surface area contributed by atoms with Gasteiger partial charge in [0, 0.05) is 16.6 Å². The molecule has 0 heterocycles. The van der Waals surface area contributed by atoms with Crippen molar-refractivity contribution in [3.05, 3.63) is 34.9 Å². The highest BCUT2D eigenvalue weighted by Gasteiger charge is 2.25. The van der Waals surface area contributed by atoms with E-state index in [1.165, 1.54) is 0 Å². The summed E-state index contributed by atoms with van der Waals surface area (Å²) in [4.78, 5) is 24.3. The molecule has 5 nitrogen and oxygen atoms in total. The van der Waals surface area contributed by atoms with E-state index >= 15 is 0 Å². The predicted molar refractivity (Wildman–Crippen MR) is 85.1 cm³/mol. The van der Waals surface area contributed by atoms with Gasteiger partial charge in [0.2, 0.25) is 0 Å². The zero-order valence-corrected chi connectivity index (χ0v) is 13.6. The second-order valence-corrected chi connectivity index (χ2v) is 5.32. The fourth-order valence-corrected chi connectivity index (χ4v) is 2.14. The third-order valence-corrected chi connectivity index (χ3v) is 3.52. The molecule has 2 N–H and O–H groups in total. The molecule has 0 amide bonds. The van der Waals surface area contributed by atoms with Crippen molar-refractivity contribution in [1.82, 2.24) is 5.32 Å². The number of ketones is 1. The van der Waals surface area contributed by atoms with Crippen LogP contribution in [0, 0.1) is 0 Å². The minimum atomic E-state index is -0.739. The molecule has 22 heavy (non-hydrogen) atoms. The Morgan fingerprint density at radius 1 is 1.27 bits per heavy atom. The molecular weight excluding hydrogens is 306 g/mol. The summed E-state index contributed by atoms with van der Waals surface area (Å²) in [7, 11) is 0. The van der Waals surface area contributed by atoms with E-state index in [2.05, 4.69) is 5.32 Å². The first kappa shape index (κ1) is 18.6. The van der Waals surface area contributed by atoms with Gasteiger partial charge >= 0.3 is 5.97 Å². The van der Waals surface area contributed by atoms with Gasteiger partial charge in [-0.15, -0.1) is 0 Å². The Morgan fingerprint density at radius 3 is 2.41 bits per heavy atom. The quantitative estimate of drug-likeness (QED) is 0.537. The lowest BCUT2D eigenvalue weighted by Crippen LogP contribution is -2.46. The zero-order chi connectivity index (χ0) is 16.5. The Labute approximate surface area is 135 Å². The van der Waals surface area contributed by atoms with Crippen LogP contribution in [-0.2, 0) is 9.53 Å². The van der Waals surface area contributed by atoms with E-state index in [0.717, 1.165) is 0 Å². The Bertz CT molecular complexity index is 485. The molecule has 0 spiro atoms. The molecule has 0 fully saturated rings. The standard InChI is InChI=1S/C16H22ClNO4/c1-3-13(10-19)18-14(9-15(20)22-4-2)16(21)11-5-7-12(17)8-6-11/h5-8,13-14,18-19H,3-4,9-10H2,1-2H3. The van der Waals surface area contributed by atoms with Crippen molar-refractivity contribution in [2.45, 2.75) is 38.8 Å². The van der Waals surface area contributed by atoms with Gasteiger partial charge in [0.15, 0.2) is 5.78 Å². The van der Waals surface area contributed by atoms with Gasteiger partial charge in [-0.1, -0.05) is 18.5 Å². The lowest BCUT2D eigenvalue weighted by molar-refractivity contribution is -0.143. The van der Waals surface area contributed by atoms with Crippen molar-refractivity contribution < 1.29 is 19.4 Å². The molecule has 0 radical (unpaired) electrons. The van der Waals surface area contributed by atoms with E-state index in [4.69, 9.17) is 16.3 Å².